The van der Waals surface area contributed by atoms with Gasteiger partial charge in [0.25, 0.3) is 5.56 Å². The quantitative estimate of drug-likeness (QED) is 0.787. The number of hydrogen-bond acceptors (Lipinski definition) is 6. The van der Waals surface area contributed by atoms with E-state index in [1.54, 1.807) is 24.3 Å². The van der Waals surface area contributed by atoms with Crippen molar-refractivity contribution in [3.8, 4) is 11.5 Å². The minimum absolute atomic E-state index is 0.236. The molecule has 1 aromatic heterocycles. The van der Waals surface area contributed by atoms with Gasteiger partial charge in [-0.05, 0) is 44.5 Å². The number of aromatic hydroxyl groups is 1. The summed E-state index contributed by atoms with van der Waals surface area (Å²) in [7, 11) is 1.60. The molecule has 0 unspecified atom stereocenters. The average Bonchev–Trinajstić information content (AvgIpc) is 2.73. The molecule has 3 rings (SSSR count). The van der Waals surface area contributed by atoms with Gasteiger partial charge in [-0.3, -0.25) is 9.69 Å². The van der Waals surface area contributed by atoms with E-state index in [4.69, 9.17) is 9.47 Å². The van der Waals surface area contributed by atoms with Crippen LogP contribution in [0.4, 0.5) is 4.79 Å². The van der Waals surface area contributed by atoms with Gasteiger partial charge in [-0.25, -0.2) is 4.79 Å². The first-order valence-electron chi connectivity index (χ1n) is 10.4. The molecule has 1 amide bonds. The van der Waals surface area contributed by atoms with E-state index in [1.807, 2.05) is 45.0 Å². The van der Waals surface area contributed by atoms with E-state index in [9.17, 15) is 14.7 Å². The maximum Gasteiger partial charge on any atom is 0.410 e. The van der Waals surface area contributed by atoms with Crippen LogP contribution in [0.5, 0.6) is 11.5 Å². The molecule has 2 heterocycles. The van der Waals surface area contributed by atoms with Crippen LogP contribution in [0.2, 0.25) is 0 Å². The van der Waals surface area contributed by atoms with Crippen molar-refractivity contribution >= 4 is 6.09 Å². The lowest BCUT2D eigenvalue weighted by atomic mass is 10.2. The molecule has 2 aromatic rings. The molecule has 0 spiro atoms. The largest absolute Gasteiger partial charge is 0.503 e. The highest BCUT2D eigenvalue weighted by atomic mass is 16.6. The summed E-state index contributed by atoms with van der Waals surface area (Å²) in [6.45, 7) is 8.71. The summed E-state index contributed by atoms with van der Waals surface area (Å²) >= 11 is 0. The van der Waals surface area contributed by atoms with Gasteiger partial charge in [0.1, 0.15) is 11.4 Å². The number of methoxy groups -OCH3 is 1. The van der Waals surface area contributed by atoms with Crippen LogP contribution < -0.4 is 10.3 Å². The maximum atomic E-state index is 12.7. The van der Waals surface area contributed by atoms with E-state index in [2.05, 4.69) is 4.90 Å². The van der Waals surface area contributed by atoms with Crippen molar-refractivity contribution in [3.63, 3.8) is 0 Å². The van der Waals surface area contributed by atoms with Gasteiger partial charge in [0.15, 0.2) is 5.75 Å². The van der Waals surface area contributed by atoms with Crippen molar-refractivity contribution in [2.24, 2.45) is 0 Å². The second kappa shape index (κ2) is 9.43. The third-order valence-corrected chi connectivity index (χ3v) is 5.13. The Labute approximate surface area is 182 Å². The van der Waals surface area contributed by atoms with Crippen molar-refractivity contribution in [1.82, 2.24) is 14.4 Å². The van der Waals surface area contributed by atoms with Gasteiger partial charge in [0.2, 0.25) is 0 Å². The van der Waals surface area contributed by atoms with Crippen molar-refractivity contribution < 1.29 is 19.4 Å². The first-order chi connectivity index (χ1) is 14.7. The summed E-state index contributed by atoms with van der Waals surface area (Å²) in [5, 5.41) is 10.5. The summed E-state index contributed by atoms with van der Waals surface area (Å²) in [5.41, 5.74) is 0.548. The molecule has 1 aromatic carbocycles. The Hall–Kier alpha value is -3.00. The molecule has 0 radical (unpaired) electrons. The number of pyridine rings is 1. The minimum Gasteiger partial charge on any atom is -0.503 e. The molecule has 0 aliphatic carbocycles. The van der Waals surface area contributed by atoms with Crippen LogP contribution in [0, 0.1) is 0 Å². The Morgan fingerprint density at radius 1 is 1.10 bits per heavy atom. The van der Waals surface area contributed by atoms with Crippen molar-refractivity contribution in [1.29, 1.82) is 0 Å². The van der Waals surface area contributed by atoms with Gasteiger partial charge in [-0.15, -0.1) is 0 Å². The average molecular weight is 430 g/mol. The van der Waals surface area contributed by atoms with E-state index >= 15 is 0 Å². The number of nitrogens with zero attached hydrogens (tertiary/aromatic N) is 3. The number of carbonyl (C=O) groups is 1. The first kappa shape index (κ1) is 22.7. The summed E-state index contributed by atoms with van der Waals surface area (Å²) in [4.78, 5) is 28.7. The smallest absolute Gasteiger partial charge is 0.410 e. The third-order valence-electron chi connectivity index (χ3n) is 5.13. The highest BCUT2D eigenvalue weighted by molar-refractivity contribution is 5.68. The van der Waals surface area contributed by atoms with Gasteiger partial charge in [0, 0.05) is 44.5 Å². The number of piperazine rings is 1. The number of amides is 1. The predicted molar refractivity (Wildman–Crippen MR) is 118 cm³/mol. The van der Waals surface area contributed by atoms with Crippen molar-refractivity contribution in [2.75, 3.05) is 33.3 Å². The van der Waals surface area contributed by atoms with Crippen LogP contribution in [0.15, 0.2) is 41.3 Å². The molecule has 1 saturated heterocycles. The number of carbonyl (C=O) groups excluding carboxylic acids is 1. The van der Waals surface area contributed by atoms with Gasteiger partial charge in [-0.1, -0.05) is 12.1 Å². The molecule has 1 aliphatic heterocycles. The number of hydrogen-bond donors (Lipinski definition) is 1. The van der Waals surface area contributed by atoms with Gasteiger partial charge >= 0.3 is 6.09 Å². The predicted octanol–water partition coefficient (Wildman–Crippen LogP) is 2.66. The molecule has 8 nitrogen and oxygen atoms in total. The van der Waals surface area contributed by atoms with E-state index in [0.29, 0.717) is 44.8 Å². The molecule has 1 N–H and O–H groups in total. The van der Waals surface area contributed by atoms with E-state index < -0.39 is 11.2 Å². The zero-order valence-electron chi connectivity index (χ0n) is 18.6. The topological polar surface area (TPSA) is 84.2 Å². The fourth-order valence-electron chi connectivity index (χ4n) is 3.48. The molecule has 168 valence electrons. The SMILES string of the molecule is COc1cccc(Cn2ccc(CN3CCN(C(=O)OC(C)(C)C)CC3)c(O)c2=O)c1. The number of aromatic nitrogens is 1. The summed E-state index contributed by atoms with van der Waals surface area (Å²) in [6, 6.07) is 9.25. The Morgan fingerprint density at radius 2 is 1.81 bits per heavy atom. The lowest BCUT2D eigenvalue weighted by Gasteiger charge is -2.35. The molecule has 0 bridgehead atoms. The Bertz CT molecular complexity index is 972. The van der Waals surface area contributed by atoms with Gasteiger partial charge in [-0.2, -0.15) is 0 Å². The second-order valence-corrected chi connectivity index (χ2v) is 8.72. The highest BCUT2D eigenvalue weighted by Crippen LogP contribution is 2.18. The first-order valence-corrected chi connectivity index (χ1v) is 10.4. The number of benzene rings is 1. The number of rotatable bonds is 5. The zero-order chi connectivity index (χ0) is 22.6. The molecule has 8 heteroatoms. The van der Waals surface area contributed by atoms with E-state index in [0.717, 1.165) is 11.3 Å². The monoisotopic (exact) mass is 429 g/mol. The normalized spacial score (nSPS) is 15.0. The summed E-state index contributed by atoms with van der Waals surface area (Å²) in [5.74, 6) is 0.483. The molecule has 0 saturated carbocycles. The van der Waals surface area contributed by atoms with Crippen LogP contribution >= 0.6 is 0 Å². The Balaban J connectivity index is 1.61. The lowest BCUT2D eigenvalue weighted by Crippen LogP contribution is -2.49. The molecular formula is C23H31N3O5. The summed E-state index contributed by atoms with van der Waals surface area (Å²) in [6.07, 6.45) is 1.39. The molecule has 1 fully saturated rings. The van der Waals surface area contributed by atoms with E-state index in [-0.39, 0.29) is 11.8 Å². The molecule has 0 atom stereocenters. The molecular weight excluding hydrogens is 398 g/mol. The van der Waals surface area contributed by atoms with Crippen LogP contribution in [0.1, 0.15) is 31.9 Å². The van der Waals surface area contributed by atoms with Gasteiger partial charge < -0.3 is 24.0 Å². The fourth-order valence-corrected chi connectivity index (χ4v) is 3.48. The van der Waals surface area contributed by atoms with E-state index in [1.165, 1.54) is 4.57 Å². The van der Waals surface area contributed by atoms with Crippen molar-refractivity contribution in [2.45, 2.75) is 39.5 Å². The standard InChI is InChI=1S/C23H31N3O5/c1-23(2,3)31-22(29)25-12-10-24(11-13-25)16-18-8-9-26(21(28)20(18)27)15-17-6-5-7-19(14-17)30-4/h5-9,14,27H,10-13,15-16H2,1-4H3. The highest BCUT2D eigenvalue weighted by Gasteiger charge is 2.26. The second-order valence-electron chi connectivity index (χ2n) is 8.72. The zero-order valence-corrected chi connectivity index (χ0v) is 18.6. The third kappa shape index (κ3) is 6.01. The maximum absolute atomic E-state index is 12.7. The minimum atomic E-state index is -0.519. The Morgan fingerprint density at radius 3 is 2.45 bits per heavy atom. The lowest BCUT2D eigenvalue weighted by molar-refractivity contribution is 0.0138. The van der Waals surface area contributed by atoms with Crippen LogP contribution in [-0.2, 0) is 17.8 Å². The molecule has 1 aliphatic rings. The van der Waals surface area contributed by atoms with Crippen LogP contribution in [0.3, 0.4) is 0 Å². The summed E-state index contributed by atoms with van der Waals surface area (Å²) < 4.78 is 12.1. The number of ether oxygens (including phenoxy) is 2. The van der Waals surface area contributed by atoms with Crippen LogP contribution in [0.25, 0.3) is 0 Å². The fraction of sp³-hybridized carbons (Fsp3) is 0.478. The van der Waals surface area contributed by atoms with Gasteiger partial charge in [0.05, 0.1) is 13.7 Å². The van der Waals surface area contributed by atoms with Crippen molar-refractivity contribution in [3.05, 3.63) is 58.0 Å². The Kier molecular flexibility index (Phi) is 6.90. The molecule has 31 heavy (non-hydrogen) atoms. The van der Waals surface area contributed by atoms with Crippen LogP contribution in [-0.4, -0.2) is 64.5 Å².